The first-order valence-electron chi connectivity index (χ1n) is 19.0. The molecule has 7 rings (SSSR count). The molecule has 0 aliphatic rings. The van der Waals surface area contributed by atoms with Gasteiger partial charge in [-0.3, -0.25) is 4.98 Å². The van der Waals surface area contributed by atoms with Crippen molar-refractivity contribution in [1.29, 1.82) is 0 Å². The third-order valence-corrected chi connectivity index (χ3v) is 10.5. The Kier molecular flexibility index (Phi) is 16.0. The Morgan fingerprint density at radius 3 is 1.98 bits per heavy atom. The summed E-state index contributed by atoms with van der Waals surface area (Å²) in [4.78, 5) is 15.4. The molecular weight excluding hydrogens is 885 g/mol. The van der Waals surface area contributed by atoms with E-state index in [0.29, 0.717) is 52.6 Å². The molecule has 5 aromatic carbocycles. The predicted molar refractivity (Wildman–Crippen MR) is 237 cm³/mol. The van der Waals surface area contributed by atoms with E-state index in [9.17, 15) is 4.79 Å². The number of halogens is 3. The van der Waals surface area contributed by atoms with Crippen LogP contribution in [0.5, 0.6) is 28.7 Å². The van der Waals surface area contributed by atoms with E-state index in [1.807, 2.05) is 60.7 Å². The highest BCUT2D eigenvalue weighted by Crippen LogP contribution is 2.35. The number of nitrogens with one attached hydrogen (secondary N) is 1. The van der Waals surface area contributed by atoms with Gasteiger partial charge in [0.05, 0.1) is 42.1 Å². The van der Waals surface area contributed by atoms with Crippen LogP contribution in [-0.2, 0) is 38.9 Å². The second-order valence-corrected chi connectivity index (χ2v) is 15.2. The molecule has 0 spiro atoms. The quantitative estimate of drug-likeness (QED) is 0.0898. The number of aromatic amines is 1. The maximum absolute atomic E-state index is 11.0. The number of benzene rings is 5. The zero-order valence-corrected chi connectivity index (χ0v) is 36.6. The van der Waals surface area contributed by atoms with Crippen LogP contribution < -0.4 is 23.7 Å². The molecule has 12 nitrogen and oxygen atoms in total. The van der Waals surface area contributed by atoms with Crippen LogP contribution in [0.4, 0.5) is 0 Å². The minimum absolute atomic E-state index is 0.261. The second-order valence-electron chi connectivity index (χ2n) is 13.5. The fourth-order valence-corrected chi connectivity index (χ4v) is 7.45. The molecule has 314 valence electrons. The summed E-state index contributed by atoms with van der Waals surface area (Å²) >= 11 is 16.3. The average molecular weight is 928 g/mol. The Hall–Kier alpha value is -6.15. The maximum Gasteiger partial charge on any atom is 0.335 e. The number of hydrogen-bond donors (Lipinski definition) is 2. The maximum atomic E-state index is 11.0. The van der Waals surface area contributed by atoms with Crippen LogP contribution in [0.15, 0.2) is 120 Å². The zero-order valence-electron chi connectivity index (χ0n) is 33.5. The van der Waals surface area contributed by atoms with E-state index < -0.39 is 5.97 Å². The predicted octanol–water partition coefficient (Wildman–Crippen LogP) is 10.5. The van der Waals surface area contributed by atoms with E-state index in [0.717, 1.165) is 62.3 Å². The highest BCUT2D eigenvalue weighted by Gasteiger charge is 2.14. The van der Waals surface area contributed by atoms with Gasteiger partial charge in [0.25, 0.3) is 0 Å². The summed E-state index contributed by atoms with van der Waals surface area (Å²) in [7, 11) is 4.85. The van der Waals surface area contributed by atoms with Gasteiger partial charge in [-0.2, -0.15) is 5.21 Å². The standard InChI is InChI=1S/C23H20BrClN4O2.C23H22ClNO5/c1-30-20-4-2-3-16(11-20)14-31-22-18(12-19(25)13-21(22)24)10-7-15-5-8-17(9-6-15)23-26-28-29-27-23;1-28-18-11-16(12-19(13-18)29-2)14-30-22-20(24)9-10-25-21(22)8-5-15-3-6-17(7-4-15)23(26)27/h2-6,8-9,11-13H,7,10,14H2,1H3,(H,26,27,28,29);3-4,6-7,9-13H,5,8,14H2,1-2H3,(H,26,27). The number of carbonyl (C=O) groups is 1. The number of carboxylic acids is 1. The van der Waals surface area contributed by atoms with Gasteiger partial charge in [0.1, 0.15) is 36.2 Å². The number of H-pyrrole nitrogens is 1. The number of rotatable bonds is 17. The minimum Gasteiger partial charge on any atom is -0.497 e. The minimum atomic E-state index is -0.942. The number of nitrogens with zero attached hydrogens (tertiary/aromatic N) is 4. The van der Waals surface area contributed by atoms with Gasteiger partial charge >= 0.3 is 5.97 Å². The fourth-order valence-electron chi connectivity index (χ4n) is 6.24. The average Bonchev–Trinajstić information content (AvgIpc) is 3.83. The van der Waals surface area contributed by atoms with E-state index in [1.165, 1.54) is 5.56 Å². The molecule has 0 aliphatic carbocycles. The number of carboxylic acid groups (broad SMARTS) is 1. The monoisotopic (exact) mass is 925 g/mol. The van der Waals surface area contributed by atoms with E-state index >= 15 is 0 Å². The molecule has 0 radical (unpaired) electrons. The fraction of sp³-hybridized carbons (Fsp3) is 0.196. The largest absolute Gasteiger partial charge is 0.497 e. The molecule has 61 heavy (non-hydrogen) atoms. The second kappa shape index (κ2) is 21.9. The van der Waals surface area contributed by atoms with Gasteiger partial charge in [-0.05, 0) is 129 Å². The number of tetrazole rings is 1. The van der Waals surface area contributed by atoms with Gasteiger partial charge in [-0.25, -0.2) is 4.79 Å². The summed E-state index contributed by atoms with van der Waals surface area (Å²) in [6.45, 7) is 0.711. The Bertz CT molecular complexity index is 2500. The number of hydrogen-bond acceptors (Lipinski definition) is 10. The van der Waals surface area contributed by atoms with Crippen molar-refractivity contribution < 1.29 is 33.6 Å². The summed E-state index contributed by atoms with van der Waals surface area (Å²) in [6.07, 6.45) is 4.55. The molecule has 2 N–H and O–H groups in total. The van der Waals surface area contributed by atoms with E-state index in [4.69, 9.17) is 52.0 Å². The van der Waals surface area contributed by atoms with Crippen molar-refractivity contribution in [3.63, 3.8) is 0 Å². The lowest BCUT2D eigenvalue weighted by molar-refractivity contribution is 0.0697. The molecule has 0 amide bonds. The van der Waals surface area contributed by atoms with Gasteiger partial charge in [0.2, 0.25) is 5.82 Å². The molecule has 15 heteroatoms. The molecule has 2 aromatic heterocycles. The molecule has 0 fully saturated rings. The van der Waals surface area contributed by atoms with Crippen molar-refractivity contribution >= 4 is 45.1 Å². The third-order valence-electron chi connectivity index (χ3n) is 9.42. The van der Waals surface area contributed by atoms with Crippen molar-refractivity contribution in [2.75, 3.05) is 21.3 Å². The summed E-state index contributed by atoms with van der Waals surface area (Å²) in [5.41, 5.74) is 7.07. The summed E-state index contributed by atoms with van der Waals surface area (Å²) in [5, 5.41) is 24.2. The van der Waals surface area contributed by atoms with Crippen molar-refractivity contribution in [3.8, 4) is 40.1 Å². The number of ether oxygens (including phenoxy) is 5. The van der Waals surface area contributed by atoms with Gasteiger partial charge in [-0.15, -0.1) is 10.2 Å². The Morgan fingerprint density at radius 2 is 1.33 bits per heavy atom. The number of aromatic nitrogens is 5. The summed E-state index contributed by atoms with van der Waals surface area (Å²) in [5.74, 6) is 3.13. The van der Waals surface area contributed by atoms with Gasteiger partial charge in [-0.1, -0.05) is 71.7 Å². The zero-order chi connectivity index (χ0) is 43.1. The van der Waals surface area contributed by atoms with Gasteiger partial charge < -0.3 is 28.8 Å². The molecule has 0 bridgehead atoms. The van der Waals surface area contributed by atoms with Crippen LogP contribution in [0.3, 0.4) is 0 Å². The first-order chi connectivity index (χ1) is 29.6. The van der Waals surface area contributed by atoms with E-state index in [2.05, 4.69) is 53.7 Å². The molecular formula is C46H42BrCl2N5O7. The van der Waals surface area contributed by atoms with Crippen molar-refractivity contribution in [2.45, 2.75) is 38.9 Å². The number of aromatic carboxylic acids is 1. The summed E-state index contributed by atoms with van der Waals surface area (Å²) < 4.78 is 28.9. The number of pyridine rings is 1. The summed E-state index contributed by atoms with van der Waals surface area (Å²) in [6, 6.07) is 33.8. The van der Waals surface area contributed by atoms with Crippen LogP contribution in [0.25, 0.3) is 11.4 Å². The third kappa shape index (κ3) is 12.7. The molecule has 0 aliphatic heterocycles. The lowest BCUT2D eigenvalue weighted by Crippen LogP contribution is -2.04. The normalized spacial score (nSPS) is 10.7. The van der Waals surface area contributed by atoms with E-state index in [1.54, 1.807) is 63.9 Å². The first-order valence-corrected chi connectivity index (χ1v) is 20.5. The van der Waals surface area contributed by atoms with Crippen molar-refractivity contribution in [1.82, 2.24) is 25.6 Å². The van der Waals surface area contributed by atoms with Crippen LogP contribution in [0, 0.1) is 0 Å². The van der Waals surface area contributed by atoms with Crippen LogP contribution in [-0.4, -0.2) is 58.0 Å². The Morgan fingerprint density at radius 1 is 0.689 bits per heavy atom. The SMILES string of the molecule is COc1cc(COc2c(Cl)ccnc2CCc2ccc(C(=O)O)cc2)cc(OC)c1.COc1cccc(COc2c(Br)cc(Cl)cc2CCc2ccc(-c3nn[nH]n3)cc2)c1. The molecule has 7 aromatic rings. The smallest absolute Gasteiger partial charge is 0.335 e. The molecule has 0 saturated heterocycles. The molecule has 0 saturated carbocycles. The molecule has 2 heterocycles. The highest BCUT2D eigenvalue weighted by atomic mass is 79.9. The number of aryl methyl sites for hydroxylation is 4. The Balaban J connectivity index is 0.000000204. The first kappa shape index (κ1) is 44.4. The lowest BCUT2D eigenvalue weighted by Gasteiger charge is -2.15. The number of methoxy groups -OCH3 is 3. The lowest BCUT2D eigenvalue weighted by atomic mass is 10.0. The highest BCUT2D eigenvalue weighted by molar-refractivity contribution is 9.10. The van der Waals surface area contributed by atoms with Gasteiger partial charge in [0.15, 0.2) is 5.75 Å². The Labute approximate surface area is 371 Å². The topological polar surface area (TPSA) is 151 Å². The molecule has 0 unspecified atom stereocenters. The van der Waals surface area contributed by atoms with Crippen LogP contribution in [0.1, 0.15) is 43.9 Å². The van der Waals surface area contributed by atoms with Crippen molar-refractivity contribution in [2.24, 2.45) is 0 Å². The van der Waals surface area contributed by atoms with Gasteiger partial charge in [0, 0.05) is 22.8 Å². The van der Waals surface area contributed by atoms with Crippen molar-refractivity contribution in [3.05, 3.63) is 169 Å². The molecule has 0 atom stereocenters. The van der Waals surface area contributed by atoms with E-state index in [-0.39, 0.29) is 12.2 Å². The van der Waals surface area contributed by atoms with Crippen LogP contribution >= 0.6 is 39.1 Å². The van der Waals surface area contributed by atoms with Crippen LogP contribution in [0.2, 0.25) is 10.0 Å².